The number of likely N-dealkylation sites (tertiary alicyclic amines) is 1. The van der Waals surface area contributed by atoms with Gasteiger partial charge in [0.15, 0.2) is 0 Å². The summed E-state index contributed by atoms with van der Waals surface area (Å²) >= 11 is 5.97. The summed E-state index contributed by atoms with van der Waals surface area (Å²) in [5.74, 6) is -1.06. The predicted octanol–water partition coefficient (Wildman–Crippen LogP) is 4.92. The normalized spacial score (nSPS) is 17.2. The van der Waals surface area contributed by atoms with E-state index in [2.05, 4.69) is 11.6 Å². The van der Waals surface area contributed by atoms with Crippen molar-refractivity contribution in [2.75, 3.05) is 6.61 Å². The van der Waals surface area contributed by atoms with Gasteiger partial charge in [-0.3, -0.25) is 14.6 Å². The van der Waals surface area contributed by atoms with Crippen LogP contribution in [0.4, 0.5) is 0 Å². The summed E-state index contributed by atoms with van der Waals surface area (Å²) in [5, 5.41) is 11.6. The number of pyridine rings is 1. The number of hydrogen-bond donors (Lipinski definition) is 1. The molecule has 1 unspecified atom stereocenters. The van der Waals surface area contributed by atoms with Crippen LogP contribution in [0.5, 0.6) is 5.75 Å². The number of aliphatic hydroxyl groups excluding tert-OH is 1. The van der Waals surface area contributed by atoms with Gasteiger partial charge in [-0.1, -0.05) is 42.5 Å². The number of hydrogen-bond acceptors (Lipinski definition) is 5. The Morgan fingerprint density at radius 2 is 1.85 bits per heavy atom. The Hall–Kier alpha value is -3.90. The fraction of sp³-hybridized carbons (Fsp3) is 0.115. The standard InChI is InChI=1S/C26H21ClN2O4/c1-2-14-33-21-11-7-18(8-12-21)23-22(24(30)19-5-9-20(27)10-6-19)25(31)26(32)29(23)16-17-4-3-13-28-15-17/h2-13,15,23,30H,1,14,16H2. The number of carbonyl (C=O) groups is 2. The number of Topliss-reactive ketones (excluding diaryl/α,β-unsaturated/α-hetero) is 1. The Labute approximate surface area is 196 Å². The van der Waals surface area contributed by atoms with E-state index >= 15 is 0 Å². The Morgan fingerprint density at radius 3 is 2.48 bits per heavy atom. The summed E-state index contributed by atoms with van der Waals surface area (Å²) in [6.07, 6.45) is 4.92. The topological polar surface area (TPSA) is 79.7 Å². The number of ether oxygens (including phenoxy) is 1. The van der Waals surface area contributed by atoms with Crippen molar-refractivity contribution in [2.24, 2.45) is 0 Å². The lowest BCUT2D eigenvalue weighted by molar-refractivity contribution is -0.140. The van der Waals surface area contributed by atoms with Crippen molar-refractivity contribution >= 4 is 29.1 Å². The number of nitrogens with zero attached hydrogens (tertiary/aromatic N) is 2. The zero-order chi connectivity index (χ0) is 23.4. The Kier molecular flexibility index (Phi) is 6.56. The lowest BCUT2D eigenvalue weighted by atomic mass is 9.95. The Bertz CT molecular complexity index is 1210. The number of halogens is 1. The highest BCUT2D eigenvalue weighted by molar-refractivity contribution is 6.46. The molecule has 1 saturated heterocycles. The van der Waals surface area contributed by atoms with E-state index in [1.807, 2.05) is 6.07 Å². The summed E-state index contributed by atoms with van der Waals surface area (Å²) in [4.78, 5) is 31.7. The van der Waals surface area contributed by atoms with Gasteiger partial charge in [0.25, 0.3) is 11.7 Å². The molecule has 4 rings (SSSR count). The molecule has 7 heteroatoms. The van der Waals surface area contributed by atoms with Crippen molar-refractivity contribution < 1.29 is 19.4 Å². The molecule has 1 aromatic heterocycles. The number of aliphatic hydroxyl groups is 1. The molecule has 0 bridgehead atoms. The molecule has 1 amide bonds. The van der Waals surface area contributed by atoms with Crippen LogP contribution in [-0.2, 0) is 16.1 Å². The molecular weight excluding hydrogens is 440 g/mol. The molecule has 0 radical (unpaired) electrons. The molecule has 1 fully saturated rings. The molecule has 1 N–H and O–H groups in total. The minimum absolute atomic E-state index is 0.0194. The van der Waals surface area contributed by atoms with E-state index < -0.39 is 17.7 Å². The number of amides is 1. The molecule has 1 aliphatic heterocycles. The van der Waals surface area contributed by atoms with Gasteiger partial charge in [0.05, 0.1) is 11.6 Å². The first-order chi connectivity index (χ1) is 16.0. The van der Waals surface area contributed by atoms with Crippen molar-refractivity contribution in [2.45, 2.75) is 12.6 Å². The van der Waals surface area contributed by atoms with Crippen molar-refractivity contribution in [3.63, 3.8) is 0 Å². The summed E-state index contributed by atoms with van der Waals surface area (Å²) < 4.78 is 5.54. The third-order valence-electron chi connectivity index (χ3n) is 5.30. The number of aromatic nitrogens is 1. The molecule has 1 atom stereocenters. The average molecular weight is 461 g/mol. The van der Waals surface area contributed by atoms with Crippen molar-refractivity contribution in [1.29, 1.82) is 0 Å². The van der Waals surface area contributed by atoms with Crippen LogP contribution in [0.25, 0.3) is 5.76 Å². The molecule has 33 heavy (non-hydrogen) atoms. The molecule has 6 nitrogen and oxygen atoms in total. The summed E-state index contributed by atoms with van der Waals surface area (Å²) in [5.41, 5.74) is 1.85. The maximum absolute atomic E-state index is 13.1. The van der Waals surface area contributed by atoms with Crippen LogP contribution in [0, 0.1) is 0 Å². The summed E-state index contributed by atoms with van der Waals surface area (Å²) in [6.45, 7) is 4.15. The van der Waals surface area contributed by atoms with Crippen molar-refractivity contribution in [3.8, 4) is 5.75 Å². The average Bonchev–Trinajstić information content (AvgIpc) is 3.08. The largest absolute Gasteiger partial charge is 0.507 e. The molecule has 0 saturated carbocycles. The second-order valence-corrected chi connectivity index (χ2v) is 7.90. The van der Waals surface area contributed by atoms with Gasteiger partial charge in [-0.15, -0.1) is 0 Å². The zero-order valence-electron chi connectivity index (χ0n) is 17.6. The lowest BCUT2D eigenvalue weighted by Gasteiger charge is -2.25. The van der Waals surface area contributed by atoms with E-state index in [4.69, 9.17) is 16.3 Å². The van der Waals surface area contributed by atoms with Crippen LogP contribution >= 0.6 is 11.6 Å². The molecule has 2 aromatic carbocycles. The highest BCUT2D eigenvalue weighted by Gasteiger charge is 2.46. The third kappa shape index (κ3) is 4.66. The second kappa shape index (κ2) is 9.71. The molecule has 166 valence electrons. The van der Waals surface area contributed by atoms with Crippen LogP contribution in [0.2, 0.25) is 5.02 Å². The van der Waals surface area contributed by atoms with Crippen LogP contribution in [0.3, 0.4) is 0 Å². The van der Waals surface area contributed by atoms with Crippen molar-refractivity contribution in [1.82, 2.24) is 9.88 Å². The number of carbonyl (C=O) groups excluding carboxylic acids is 2. The maximum Gasteiger partial charge on any atom is 0.295 e. The fourth-order valence-corrected chi connectivity index (χ4v) is 3.87. The van der Waals surface area contributed by atoms with E-state index in [9.17, 15) is 14.7 Å². The van der Waals surface area contributed by atoms with E-state index in [1.54, 1.807) is 73.1 Å². The Morgan fingerprint density at radius 1 is 1.12 bits per heavy atom. The SMILES string of the molecule is C=CCOc1ccc(C2C(=C(O)c3ccc(Cl)cc3)C(=O)C(=O)N2Cc2cccnc2)cc1. The van der Waals surface area contributed by atoms with Crippen LogP contribution in [0.1, 0.15) is 22.7 Å². The first-order valence-electron chi connectivity index (χ1n) is 10.3. The maximum atomic E-state index is 13.1. The minimum Gasteiger partial charge on any atom is -0.507 e. The van der Waals surface area contributed by atoms with E-state index in [0.29, 0.717) is 28.5 Å². The molecule has 2 heterocycles. The van der Waals surface area contributed by atoms with Crippen molar-refractivity contribution in [3.05, 3.63) is 113 Å². The van der Waals surface area contributed by atoms with Gasteiger partial charge in [-0.25, -0.2) is 0 Å². The minimum atomic E-state index is -0.783. The molecular formula is C26H21ClN2O4. The first-order valence-corrected chi connectivity index (χ1v) is 10.6. The van der Waals surface area contributed by atoms with Gasteiger partial charge in [-0.2, -0.15) is 0 Å². The highest BCUT2D eigenvalue weighted by Crippen LogP contribution is 2.40. The van der Waals surface area contributed by atoms with Crippen LogP contribution in [-0.4, -0.2) is 33.3 Å². The molecule has 0 spiro atoms. The fourth-order valence-electron chi connectivity index (χ4n) is 3.74. The van der Waals surface area contributed by atoms with E-state index in [-0.39, 0.29) is 17.9 Å². The Balaban J connectivity index is 1.80. The highest BCUT2D eigenvalue weighted by atomic mass is 35.5. The van der Waals surface area contributed by atoms with E-state index in [1.165, 1.54) is 4.90 Å². The quantitative estimate of drug-likeness (QED) is 0.234. The molecule has 3 aromatic rings. The smallest absolute Gasteiger partial charge is 0.295 e. The predicted molar refractivity (Wildman–Crippen MR) is 126 cm³/mol. The summed E-state index contributed by atoms with van der Waals surface area (Å²) in [6, 6.07) is 16.3. The molecule has 1 aliphatic rings. The van der Waals surface area contributed by atoms with Gasteiger partial charge in [0.2, 0.25) is 0 Å². The number of benzene rings is 2. The summed E-state index contributed by atoms with van der Waals surface area (Å²) in [7, 11) is 0. The monoisotopic (exact) mass is 460 g/mol. The molecule has 0 aliphatic carbocycles. The zero-order valence-corrected chi connectivity index (χ0v) is 18.4. The lowest BCUT2D eigenvalue weighted by Crippen LogP contribution is -2.29. The van der Waals surface area contributed by atoms with Gasteiger partial charge in [0, 0.05) is 29.5 Å². The van der Waals surface area contributed by atoms with Gasteiger partial charge in [-0.05, 0) is 53.6 Å². The van der Waals surface area contributed by atoms with Gasteiger partial charge >= 0.3 is 0 Å². The van der Waals surface area contributed by atoms with Crippen LogP contribution < -0.4 is 4.74 Å². The van der Waals surface area contributed by atoms with Crippen LogP contribution in [0.15, 0.2) is 91.3 Å². The third-order valence-corrected chi connectivity index (χ3v) is 5.55. The first kappa shape index (κ1) is 22.3. The van der Waals surface area contributed by atoms with E-state index in [0.717, 1.165) is 5.56 Å². The number of rotatable bonds is 7. The number of ketones is 1. The van der Waals surface area contributed by atoms with Gasteiger partial charge in [0.1, 0.15) is 18.1 Å². The second-order valence-electron chi connectivity index (χ2n) is 7.46. The van der Waals surface area contributed by atoms with Gasteiger partial charge < -0.3 is 14.7 Å².